The first-order chi connectivity index (χ1) is 8.52. The van der Waals surface area contributed by atoms with Crippen LogP contribution in [0.15, 0.2) is 0 Å². The minimum atomic E-state index is -2.51. The molecule has 1 aliphatic rings. The van der Waals surface area contributed by atoms with Crippen molar-refractivity contribution < 1.29 is 8.78 Å². The predicted octanol–water partition coefficient (Wildman–Crippen LogP) is 2.64. The van der Waals surface area contributed by atoms with Gasteiger partial charge in [-0.05, 0) is 25.2 Å². The molecule has 0 amide bonds. The van der Waals surface area contributed by atoms with Crippen molar-refractivity contribution in [3.05, 3.63) is 5.69 Å². The molecule has 0 radical (unpaired) electrons. The Labute approximate surface area is 106 Å². The van der Waals surface area contributed by atoms with E-state index in [1.165, 1.54) is 0 Å². The quantitative estimate of drug-likeness (QED) is 0.903. The van der Waals surface area contributed by atoms with Gasteiger partial charge in [-0.1, -0.05) is 18.6 Å². The molecule has 1 atom stereocenters. The van der Waals surface area contributed by atoms with Crippen LogP contribution in [0.1, 0.15) is 44.7 Å². The van der Waals surface area contributed by atoms with Crippen LogP contribution < -0.4 is 5.73 Å². The highest BCUT2D eigenvalue weighted by atomic mass is 19.3. The Balaban J connectivity index is 2.05. The fourth-order valence-corrected chi connectivity index (χ4v) is 2.66. The average Bonchev–Trinajstić information content (AvgIpc) is 2.61. The summed E-state index contributed by atoms with van der Waals surface area (Å²) in [5.41, 5.74) is 6.62. The zero-order valence-corrected chi connectivity index (χ0v) is 10.7. The number of nitrogens with two attached hydrogens (primary N) is 1. The molecule has 1 aromatic rings. The number of nitrogen functional groups attached to an aromatic ring is 1. The molecule has 0 spiro atoms. The molecule has 0 aliphatic heterocycles. The molecule has 1 heterocycles. The first-order valence-electron chi connectivity index (χ1n) is 6.57. The highest BCUT2D eigenvalue weighted by molar-refractivity contribution is 5.32. The molecule has 1 fully saturated rings. The SMILES string of the molecule is CCCc1c(N)nnn1CC1CCCC(F)(F)C1. The summed E-state index contributed by atoms with van der Waals surface area (Å²) >= 11 is 0. The van der Waals surface area contributed by atoms with E-state index in [-0.39, 0.29) is 18.8 Å². The summed E-state index contributed by atoms with van der Waals surface area (Å²) in [5, 5.41) is 7.81. The minimum Gasteiger partial charge on any atom is -0.381 e. The van der Waals surface area contributed by atoms with Crippen LogP contribution >= 0.6 is 0 Å². The molecule has 6 heteroatoms. The summed E-state index contributed by atoms with van der Waals surface area (Å²) in [6.07, 6.45) is 3.13. The van der Waals surface area contributed by atoms with Crippen LogP contribution in [0, 0.1) is 5.92 Å². The van der Waals surface area contributed by atoms with Gasteiger partial charge in [0.25, 0.3) is 0 Å². The highest BCUT2D eigenvalue weighted by Gasteiger charge is 2.36. The molecule has 4 nitrogen and oxygen atoms in total. The molecule has 102 valence electrons. The van der Waals surface area contributed by atoms with Crippen molar-refractivity contribution in [3.63, 3.8) is 0 Å². The van der Waals surface area contributed by atoms with Crippen molar-refractivity contribution in [3.8, 4) is 0 Å². The molecule has 0 bridgehead atoms. The third kappa shape index (κ3) is 2.97. The molecular weight excluding hydrogens is 238 g/mol. The van der Waals surface area contributed by atoms with E-state index in [4.69, 9.17) is 5.73 Å². The van der Waals surface area contributed by atoms with Crippen LogP contribution in [0.4, 0.5) is 14.6 Å². The number of nitrogens with zero attached hydrogens (tertiary/aromatic N) is 3. The van der Waals surface area contributed by atoms with Gasteiger partial charge in [-0.15, -0.1) is 5.10 Å². The van der Waals surface area contributed by atoms with Gasteiger partial charge in [-0.25, -0.2) is 13.5 Å². The third-order valence-corrected chi connectivity index (χ3v) is 3.53. The number of rotatable bonds is 4. The van der Waals surface area contributed by atoms with Crippen LogP contribution in [-0.2, 0) is 13.0 Å². The minimum absolute atomic E-state index is 0.0187. The summed E-state index contributed by atoms with van der Waals surface area (Å²) in [4.78, 5) is 0. The summed E-state index contributed by atoms with van der Waals surface area (Å²) in [6.45, 7) is 2.56. The van der Waals surface area contributed by atoms with Gasteiger partial charge in [0.15, 0.2) is 5.82 Å². The molecule has 1 aliphatic carbocycles. The van der Waals surface area contributed by atoms with E-state index < -0.39 is 5.92 Å². The van der Waals surface area contributed by atoms with E-state index in [1.54, 1.807) is 4.68 Å². The lowest BCUT2D eigenvalue weighted by Gasteiger charge is -2.28. The Kier molecular flexibility index (Phi) is 3.82. The molecule has 18 heavy (non-hydrogen) atoms. The zero-order valence-electron chi connectivity index (χ0n) is 10.7. The second-order valence-electron chi connectivity index (χ2n) is 5.17. The van der Waals surface area contributed by atoms with E-state index >= 15 is 0 Å². The number of alkyl halides is 2. The fourth-order valence-electron chi connectivity index (χ4n) is 2.66. The zero-order chi connectivity index (χ0) is 13.2. The molecule has 2 rings (SSSR count). The van der Waals surface area contributed by atoms with Crippen molar-refractivity contribution in [1.29, 1.82) is 0 Å². The van der Waals surface area contributed by atoms with E-state index in [9.17, 15) is 8.78 Å². The van der Waals surface area contributed by atoms with Crippen LogP contribution in [-0.4, -0.2) is 20.9 Å². The van der Waals surface area contributed by atoms with Crippen molar-refractivity contribution in [1.82, 2.24) is 15.0 Å². The second kappa shape index (κ2) is 5.20. The molecule has 1 saturated carbocycles. The number of hydrogen-bond donors (Lipinski definition) is 1. The van der Waals surface area contributed by atoms with Gasteiger partial charge in [0.1, 0.15) is 0 Å². The maximum atomic E-state index is 13.3. The Morgan fingerprint density at radius 2 is 2.28 bits per heavy atom. The number of halogens is 2. The lowest BCUT2D eigenvalue weighted by Crippen LogP contribution is -2.29. The van der Waals surface area contributed by atoms with Crippen molar-refractivity contribution in [2.45, 2.75) is 57.9 Å². The van der Waals surface area contributed by atoms with Gasteiger partial charge >= 0.3 is 0 Å². The van der Waals surface area contributed by atoms with E-state index in [0.29, 0.717) is 18.8 Å². The van der Waals surface area contributed by atoms with Gasteiger partial charge in [-0.3, -0.25) is 0 Å². The fraction of sp³-hybridized carbons (Fsp3) is 0.833. The molecule has 0 saturated heterocycles. The maximum absolute atomic E-state index is 13.3. The molecule has 1 unspecified atom stereocenters. The third-order valence-electron chi connectivity index (χ3n) is 3.53. The van der Waals surface area contributed by atoms with E-state index in [0.717, 1.165) is 25.0 Å². The largest absolute Gasteiger partial charge is 0.381 e. The highest BCUT2D eigenvalue weighted by Crippen LogP contribution is 2.37. The van der Waals surface area contributed by atoms with Gasteiger partial charge in [0.2, 0.25) is 5.92 Å². The lowest BCUT2D eigenvalue weighted by atomic mass is 9.86. The number of hydrogen-bond acceptors (Lipinski definition) is 3. The summed E-state index contributed by atoms with van der Waals surface area (Å²) < 4.78 is 28.4. The Bertz CT molecular complexity index is 403. The van der Waals surface area contributed by atoms with Crippen molar-refractivity contribution >= 4 is 5.82 Å². The first kappa shape index (κ1) is 13.2. The number of aromatic nitrogens is 3. The lowest BCUT2D eigenvalue weighted by molar-refractivity contribution is -0.0553. The van der Waals surface area contributed by atoms with Gasteiger partial charge in [0, 0.05) is 19.4 Å². The Morgan fingerprint density at radius 3 is 2.94 bits per heavy atom. The number of anilines is 1. The van der Waals surface area contributed by atoms with E-state index in [2.05, 4.69) is 10.3 Å². The van der Waals surface area contributed by atoms with Crippen molar-refractivity contribution in [2.75, 3.05) is 5.73 Å². The van der Waals surface area contributed by atoms with Crippen LogP contribution in [0.2, 0.25) is 0 Å². The van der Waals surface area contributed by atoms with Crippen LogP contribution in [0.25, 0.3) is 0 Å². The molecule has 1 aromatic heterocycles. The summed E-state index contributed by atoms with van der Waals surface area (Å²) in [7, 11) is 0. The molecule has 0 aromatic carbocycles. The van der Waals surface area contributed by atoms with Crippen LogP contribution in [0.3, 0.4) is 0 Å². The first-order valence-corrected chi connectivity index (χ1v) is 6.57. The normalized spacial score (nSPS) is 23.2. The Morgan fingerprint density at radius 1 is 1.50 bits per heavy atom. The second-order valence-corrected chi connectivity index (χ2v) is 5.17. The van der Waals surface area contributed by atoms with Gasteiger partial charge in [0.05, 0.1) is 5.69 Å². The average molecular weight is 258 g/mol. The standard InChI is InChI=1S/C12H20F2N4/c1-2-4-10-11(15)16-17-18(10)8-9-5-3-6-12(13,14)7-9/h9H,2-8,15H2,1H3. The monoisotopic (exact) mass is 258 g/mol. The Hall–Kier alpha value is -1.20. The van der Waals surface area contributed by atoms with Gasteiger partial charge in [-0.2, -0.15) is 0 Å². The molecular formula is C12H20F2N4. The summed E-state index contributed by atoms with van der Waals surface area (Å²) in [5.74, 6) is -2.11. The summed E-state index contributed by atoms with van der Waals surface area (Å²) in [6, 6.07) is 0. The van der Waals surface area contributed by atoms with Crippen molar-refractivity contribution in [2.24, 2.45) is 5.92 Å². The smallest absolute Gasteiger partial charge is 0.248 e. The van der Waals surface area contributed by atoms with Crippen LogP contribution in [0.5, 0.6) is 0 Å². The maximum Gasteiger partial charge on any atom is 0.248 e. The topological polar surface area (TPSA) is 56.7 Å². The van der Waals surface area contributed by atoms with E-state index in [1.807, 2.05) is 6.92 Å². The predicted molar refractivity (Wildman–Crippen MR) is 65.3 cm³/mol. The molecule has 2 N–H and O–H groups in total. The van der Waals surface area contributed by atoms with Gasteiger partial charge < -0.3 is 5.73 Å².